The van der Waals surface area contributed by atoms with Gasteiger partial charge in [-0.05, 0) is 44.1 Å². The molecule has 166 valence electrons. The van der Waals surface area contributed by atoms with E-state index in [1.165, 1.54) is 6.33 Å². The molecule has 5 rings (SSSR count). The fourth-order valence-corrected chi connectivity index (χ4v) is 4.32. The Morgan fingerprint density at radius 2 is 2.12 bits per heavy atom. The summed E-state index contributed by atoms with van der Waals surface area (Å²) in [5.41, 5.74) is 3.27. The lowest BCUT2D eigenvalue weighted by Gasteiger charge is -2.25. The van der Waals surface area contributed by atoms with Crippen LogP contribution in [0.5, 0.6) is 0 Å². The minimum absolute atomic E-state index is 0.103. The van der Waals surface area contributed by atoms with E-state index in [2.05, 4.69) is 44.6 Å². The summed E-state index contributed by atoms with van der Waals surface area (Å²) >= 11 is 0. The van der Waals surface area contributed by atoms with Crippen LogP contribution < -0.4 is 15.5 Å². The van der Waals surface area contributed by atoms with E-state index in [1.54, 1.807) is 12.3 Å². The molecule has 0 saturated carbocycles. The molecule has 1 saturated heterocycles. The summed E-state index contributed by atoms with van der Waals surface area (Å²) in [7, 11) is 0. The lowest BCUT2D eigenvalue weighted by molar-refractivity contribution is -0.117. The zero-order valence-electron chi connectivity index (χ0n) is 18.3. The van der Waals surface area contributed by atoms with Crippen molar-refractivity contribution in [1.82, 2.24) is 30.1 Å². The zero-order chi connectivity index (χ0) is 22.1. The van der Waals surface area contributed by atoms with Crippen LogP contribution in [0.3, 0.4) is 0 Å². The van der Waals surface area contributed by atoms with Crippen LogP contribution in [0.2, 0.25) is 0 Å². The van der Waals surface area contributed by atoms with Gasteiger partial charge in [0.1, 0.15) is 24.0 Å². The fraction of sp³-hybridized carbons (Fsp3) is 0.455. The van der Waals surface area contributed by atoms with E-state index in [9.17, 15) is 4.79 Å². The number of hydrogen-bond donors (Lipinski definition) is 3. The molecule has 1 unspecified atom stereocenters. The molecule has 10 nitrogen and oxygen atoms in total. The Labute approximate surface area is 186 Å². The first-order valence-corrected chi connectivity index (χ1v) is 11.1. The quantitative estimate of drug-likeness (QED) is 0.542. The molecular formula is C22H27N9O. The lowest BCUT2D eigenvalue weighted by Crippen LogP contribution is -2.41. The number of rotatable bonds is 6. The first kappa shape index (κ1) is 20.3. The van der Waals surface area contributed by atoms with Gasteiger partial charge in [-0.3, -0.25) is 9.89 Å². The van der Waals surface area contributed by atoms with Crippen LogP contribution in [0.15, 0.2) is 24.7 Å². The first-order chi connectivity index (χ1) is 15.6. The fourth-order valence-electron chi connectivity index (χ4n) is 4.32. The highest BCUT2D eigenvalue weighted by atomic mass is 16.2. The van der Waals surface area contributed by atoms with Crippen molar-refractivity contribution in [3.8, 4) is 0 Å². The first-order valence-electron chi connectivity index (χ1n) is 11.1. The number of hydrogen-bond acceptors (Lipinski definition) is 8. The van der Waals surface area contributed by atoms with Crippen molar-refractivity contribution < 1.29 is 4.79 Å². The third kappa shape index (κ3) is 4.00. The minimum Gasteiger partial charge on any atom is -0.329 e. The second kappa shape index (κ2) is 8.52. The average molecular weight is 434 g/mol. The summed E-state index contributed by atoms with van der Waals surface area (Å²) in [5.74, 6) is 2.87. The molecule has 3 N–H and O–H groups in total. The standard InChI is InChI=1S/C22H27N9O/c1-13(2)16-11-19(30-29-16)26-20-14-5-3-6-15(14)25-22(28-20)31-10-4-7-17(31)21(32)27-18-8-9-23-12-24-18/h8-9,11-13,17H,3-7,10H2,1-2H3,(H,23,24,27,32)(H2,25,26,28,29,30). The van der Waals surface area contributed by atoms with Gasteiger partial charge in [0.25, 0.3) is 0 Å². The molecule has 0 aromatic carbocycles. The highest BCUT2D eigenvalue weighted by Crippen LogP contribution is 2.33. The topological polar surface area (TPSA) is 125 Å². The van der Waals surface area contributed by atoms with Gasteiger partial charge in [0.05, 0.1) is 5.69 Å². The number of nitrogens with one attached hydrogen (secondary N) is 3. The van der Waals surface area contributed by atoms with Crippen molar-refractivity contribution in [2.75, 3.05) is 22.1 Å². The zero-order valence-corrected chi connectivity index (χ0v) is 18.3. The molecular weight excluding hydrogens is 406 g/mol. The molecule has 1 atom stereocenters. The molecule has 1 aliphatic carbocycles. The second-order valence-corrected chi connectivity index (χ2v) is 8.57. The number of aromatic amines is 1. The van der Waals surface area contributed by atoms with Crippen molar-refractivity contribution >= 4 is 29.3 Å². The van der Waals surface area contributed by atoms with Crippen LogP contribution >= 0.6 is 0 Å². The smallest absolute Gasteiger partial charge is 0.248 e. The van der Waals surface area contributed by atoms with Gasteiger partial charge in [-0.15, -0.1) is 0 Å². The van der Waals surface area contributed by atoms with Gasteiger partial charge >= 0.3 is 0 Å². The third-order valence-corrected chi connectivity index (χ3v) is 6.03. The summed E-state index contributed by atoms with van der Waals surface area (Å²) in [6, 6.07) is 3.36. The SMILES string of the molecule is CC(C)c1cc(Nc2nc(N3CCCC3C(=O)Nc3ccncn3)nc3c2CCC3)n[nH]1. The normalized spacial score (nSPS) is 17.6. The van der Waals surface area contributed by atoms with E-state index in [4.69, 9.17) is 9.97 Å². The number of amides is 1. The Bertz CT molecular complexity index is 1110. The number of carbonyl (C=O) groups excluding carboxylic acids is 1. The number of nitrogens with zero attached hydrogens (tertiary/aromatic N) is 6. The molecule has 0 radical (unpaired) electrons. The maximum Gasteiger partial charge on any atom is 0.248 e. The van der Waals surface area contributed by atoms with Crippen LogP contribution in [0.1, 0.15) is 56.0 Å². The van der Waals surface area contributed by atoms with Crippen LogP contribution in [-0.2, 0) is 17.6 Å². The van der Waals surface area contributed by atoms with E-state index in [0.29, 0.717) is 17.7 Å². The molecule has 32 heavy (non-hydrogen) atoms. The summed E-state index contributed by atoms with van der Waals surface area (Å²) in [5, 5.41) is 13.7. The van der Waals surface area contributed by atoms with Crippen molar-refractivity contribution in [2.24, 2.45) is 0 Å². The molecule has 4 heterocycles. The monoisotopic (exact) mass is 433 g/mol. The molecule has 0 bridgehead atoms. The van der Waals surface area contributed by atoms with E-state index >= 15 is 0 Å². The van der Waals surface area contributed by atoms with E-state index < -0.39 is 0 Å². The highest BCUT2D eigenvalue weighted by molar-refractivity contribution is 5.96. The van der Waals surface area contributed by atoms with Crippen LogP contribution in [-0.4, -0.2) is 48.6 Å². The average Bonchev–Trinajstić information content (AvgIpc) is 3.54. The predicted octanol–water partition coefficient (Wildman–Crippen LogP) is 2.95. The lowest BCUT2D eigenvalue weighted by atomic mass is 10.1. The Morgan fingerprint density at radius 3 is 2.91 bits per heavy atom. The Kier molecular flexibility index (Phi) is 5.42. The number of carbonyl (C=O) groups is 1. The Morgan fingerprint density at radius 1 is 1.22 bits per heavy atom. The third-order valence-electron chi connectivity index (χ3n) is 6.03. The summed E-state index contributed by atoms with van der Waals surface area (Å²) in [6.07, 6.45) is 7.59. The van der Waals surface area contributed by atoms with Crippen molar-refractivity contribution in [2.45, 2.75) is 57.9 Å². The van der Waals surface area contributed by atoms with Crippen molar-refractivity contribution in [1.29, 1.82) is 0 Å². The highest BCUT2D eigenvalue weighted by Gasteiger charge is 2.34. The van der Waals surface area contributed by atoms with Gasteiger partial charge in [-0.2, -0.15) is 10.1 Å². The molecule has 0 spiro atoms. The van der Waals surface area contributed by atoms with Gasteiger partial charge in [-0.25, -0.2) is 15.0 Å². The molecule has 1 fully saturated rings. The summed E-state index contributed by atoms with van der Waals surface area (Å²) in [6.45, 7) is 4.98. The van der Waals surface area contributed by atoms with E-state index in [0.717, 1.165) is 67.2 Å². The number of aromatic nitrogens is 6. The molecule has 1 amide bonds. The summed E-state index contributed by atoms with van der Waals surface area (Å²) in [4.78, 5) is 32.7. The number of aryl methyl sites for hydroxylation is 1. The molecule has 10 heteroatoms. The number of fused-ring (bicyclic) bond motifs is 1. The number of H-pyrrole nitrogens is 1. The molecule has 3 aromatic rings. The molecule has 1 aliphatic heterocycles. The van der Waals surface area contributed by atoms with Gasteiger partial charge in [0, 0.05) is 30.1 Å². The Balaban J connectivity index is 1.41. The minimum atomic E-state index is -0.338. The summed E-state index contributed by atoms with van der Waals surface area (Å²) < 4.78 is 0. The molecule has 3 aromatic heterocycles. The van der Waals surface area contributed by atoms with Gasteiger partial charge < -0.3 is 15.5 Å². The molecule has 2 aliphatic rings. The van der Waals surface area contributed by atoms with Gasteiger partial charge in [0.2, 0.25) is 11.9 Å². The van der Waals surface area contributed by atoms with Crippen molar-refractivity contribution in [3.63, 3.8) is 0 Å². The predicted molar refractivity (Wildman–Crippen MR) is 121 cm³/mol. The van der Waals surface area contributed by atoms with Gasteiger partial charge in [0.15, 0.2) is 5.82 Å². The van der Waals surface area contributed by atoms with Crippen molar-refractivity contribution in [3.05, 3.63) is 41.6 Å². The largest absolute Gasteiger partial charge is 0.329 e. The Hall–Kier alpha value is -3.56. The maximum atomic E-state index is 13.0. The van der Waals surface area contributed by atoms with Crippen LogP contribution in [0.4, 0.5) is 23.4 Å². The second-order valence-electron chi connectivity index (χ2n) is 8.57. The van der Waals surface area contributed by atoms with E-state index in [1.807, 2.05) is 11.0 Å². The number of anilines is 4. The van der Waals surface area contributed by atoms with Gasteiger partial charge in [-0.1, -0.05) is 13.8 Å². The van der Waals surface area contributed by atoms with Crippen LogP contribution in [0, 0.1) is 0 Å². The van der Waals surface area contributed by atoms with Crippen LogP contribution in [0.25, 0.3) is 0 Å². The maximum absolute atomic E-state index is 13.0. The van der Waals surface area contributed by atoms with E-state index in [-0.39, 0.29) is 11.9 Å².